The van der Waals surface area contributed by atoms with Crippen molar-refractivity contribution in [2.45, 2.75) is 68.3 Å². The third kappa shape index (κ3) is 6.05. The number of aliphatic hydroxyl groups excluding tert-OH is 5. The first-order valence-electron chi connectivity index (χ1n) is 8.72. The summed E-state index contributed by atoms with van der Waals surface area (Å²) < 4.78 is 51.3. The maximum atomic E-state index is 11.5. The van der Waals surface area contributed by atoms with Crippen molar-refractivity contribution in [2.75, 3.05) is 6.61 Å². The molecule has 0 unspecified atom stereocenters. The minimum atomic E-state index is -5.22. The first kappa shape index (κ1) is 25.7. The number of amides is 1. The first-order chi connectivity index (χ1) is 14.3. The Balaban J connectivity index is 2.42. The quantitative estimate of drug-likeness (QED) is 0.159. The van der Waals surface area contributed by atoms with Crippen LogP contribution in [-0.2, 0) is 38.4 Å². The Morgan fingerprint density at radius 1 is 1.03 bits per heavy atom. The minimum Gasteiger partial charge on any atom is -0.479 e. The second-order valence-corrected chi connectivity index (χ2v) is 7.85. The molecule has 10 atom stereocenters. The van der Waals surface area contributed by atoms with Crippen molar-refractivity contribution < 1.29 is 71.6 Å². The lowest BCUT2D eigenvalue weighted by Crippen LogP contribution is -2.68. The molecule has 16 nitrogen and oxygen atoms in total. The molecule has 17 heteroatoms. The average Bonchev–Trinajstić information content (AvgIpc) is 2.64. The highest BCUT2D eigenvalue weighted by Gasteiger charge is 2.53. The number of nitrogens with one attached hydrogen (secondary N) is 1. The summed E-state index contributed by atoms with van der Waals surface area (Å²) in [6, 6.07) is -1.64. The number of carbonyl (C=O) groups excluding carboxylic acids is 1. The van der Waals surface area contributed by atoms with Gasteiger partial charge in [-0.25, -0.2) is 8.98 Å². The highest BCUT2D eigenvalue weighted by atomic mass is 32.3. The number of hydrogen-bond donors (Lipinski definition) is 8. The summed E-state index contributed by atoms with van der Waals surface area (Å²) in [5.41, 5.74) is 0. The van der Waals surface area contributed by atoms with Crippen molar-refractivity contribution in [3.63, 3.8) is 0 Å². The lowest BCUT2D eigenvalue weighted by Gasteiger charge is -2.46. The molecule has 0 aromatic rings. The van der Waals surface area contributed by atoms with Gasteiger partial charge in [-0.3, -0.25) is 9.35 Å². The zero-order chi connectivity index (χ0) is 23.7. The van der Waals surface area contributed by atoms with E-state index in [-0.39, 0.29) is 0 Å². The molecule has 0 bridgehead atoms. The molecule has 0 radical (unpaired) electrons. The summed E-state index contributed by atoms with van der Waals surface area (Å²) in [5, 5.41) is 60.6. The molecular weight excluding hydrogens is 454 g/mol. The molecule has 2 aliphatic rings. The topological polar surface area (TPSA) is 259 Å². The van der Waals surface area contributed by atoms with Crippen molar-refractivity contribution in [1.82, 2.24) is 5.32 Å². The van der Waals surface area contributed by atoms with Crippen LogP contribution in [0.5, 0.6) is 0 Å². The van der Waals surface area contributed by atoms with Crippen LogP contribution in [0.4, 0.5) is 0 Å². The molecule has 0 spiro atoms. The van der Waals surface area contributed by atoms with Crippen LogP contribution in [0.3, 0.4) is 0 Å². The number of carboxylic acids is 1. The molecule has 8 N–H and O–H groups in total. The number of carboxylic acid groups (broad SMARTS) is 1. The van der Waals surface area contributed by atoms with Crippen molar-refractivity contribution in [1.29, 1.82) is 0 Å². The van der Waals surface area contributed by atoms with Gasteiger partial charge in [-0.05, 0) is 0 Å². The highest BCUT2D eigenvalue weighted by Crippen LogP contribution is 2.30. The molecule has 0 aromatic heterocycles. The molecule has 2 saturated heterocycles. The molecule has 31 heavy (non-hydrogen) atoms. The molecule has 180 valence electrons. The normalized spacial score (nSPS) is 41.5. The molecule has 2 fully saturated rings. The van der Waals surface area contributed by atoms with Crippen LogP contribution in [0.15, 0.2) is 0 Å². The Hall–Kier alpha value is -1.51. The van der Waals surface area contributed by atoms with Crippen molar-refractivity contribution in [3.8, 4) is 0 Å². The van der Waals surface area contributed by atoms with Gasteiger partial charge < -0.3 is 50.2 Å². The van der Waals surface area contributed by atoms with E-state index in [1.807, 2.05) is 0 Å². The first-order valence-corrected chi connectivity index (χ1v) is 10.1. The van der Waals surface area contributed by atoms with Crippen LogP contribution in [0.1, 0.15) is 6.92 Å². The molecule has 1 amide bonds. The average molecular weight is 477 g/mol. The van der Waals surface area contributed by atoms with E-state index in [1.54, 1.807) is 0 Å². The van der Waals surface area contributed by atoms with Gasteiger partial charge >= 0.3 is 16.4 Å². The number of carbonyl (C=O) groups is 2. The monoisotopic (exact) mass is 477 g/mol. The second kappa shape index (κ2) is 9.96. The summed E-state index contributed by atoms with van der Waals surface area (Å²) in [4.78, 5) is 22.8. The van der Waals surface area contributed by atoms with Gasteiger partial charge in [0.1, 0.15) is 42.7 Å². The van der Waals surface area contributed by atoms with Crippen LogP contribution in [0.2, 0.25) is 0 Å². The summed E-state index contributed by atoms with van der Waals surface area (Å²) in [6.45, 7) is 0.0319. The van der Waals surface area contributed by atoms with Crippen LogP contribution in [-0.4, -0.2) is 123 Å². The zero-order valence-corrected chi connectivity index (χ0v) is 16.6. The number of aliphatic carboxylic acids is 1. The fourth-order valence-electron chi connectivity index (χ4n) is 3.19. The number of rotatable bonds is 7. The van der Waals surface area contributed by atoms with Crippen LogP contribution >= 0.6 is 0 Å². The molecule has 2 rings (SSSR count). The van der Waals surface area contributed by atoms with E-state index in [4.69, 9.17) is 23.9 Å². The Morgan fingerprint density at radius 3 is 2.13 bits per heavy atom. The largest absolute Gasteiger partial charge is 0.479 e. The van der Waals surface area contributed by atoms with Gasteiger partial charge in [-0.15, -0.1) is 0 Å². The van der Waals surface area contributed by atoms with E-state index in [1.165, 1.54) is 0 Å². The zero-order valence-electron chi connectivity index (χ0n) is 15.8. The summed E-state index contributed by atoms with van der Waals surface area (Å²) in [5.74, 6) is -2.52. The van der Waals surface area contributed by atoms with E-state index in [2.05, 4.69) is 9.50 Å². The predicted molar refractivity (Wildman–Crippen MR) is 91.2 cm³/mol. The van der Waals surface area contributed by atoms with Gasteiger partial charge in [0, 0.05) is 6.92 Å². The van der Waals surface area contributed by atoms with Gasteiger partial charge in [0.05, 0.1) is 6.61 Å². The Kier molecular flexibility index (Phi) is 8.27. The van der Waals surface area contributed by atoms with E-state index in [0.717, 1.165) is 6.92 Å². The molecule has 0 aromatic carbocycles. The number of ether oxygens (including phenoxy) is 3. The van der Waals surface area contributed by atoms with Crippen molar-refractivity contribution in [3.05, 3.63) is 0 Å². The fraction of sp³-hybridized carbons (Fsp3) is 0.857. The van der Waals surface area contributed by atoms with Gasteiger partial charge in [0.15, 0.2) is 18.7 Å². The minimum absolute atomic E-state index is 0.779. The van der Waals surface area contributed by atoms with Crippen LogP contribution in [0.25, 0.3) is 0 Å². The summed E-state index contributed by atoms with van der Waals surface area (Å²) >= 11 is 0. The molecule has 0 aliphatic carbocycles. The maximum Gasteiger partial charge on any atom is 0.397 e. The Labute approximate surface area is 174 Å². The summed E-state index contributed by atoms with van der Waals surface area (Å²) in [7, 11) is -5.22. The van der Waals surface area contributed by atoms with E-state index in [0.29, 0.717) is 0 Å². The molecular formula is C14H23NO15S. The third-order valence-corrected chi connectivity index (χ3v) is 5.02. The van der Waals surface area contributed by atoms with E-state index in [9.17, 15) is 43.5 Å². The third-order valence-electron chi connectivity index (χ3n) is 4.55. The number of aliphatic hydroxyl groups is 5. The fourth-order valence-corrected chi connectivity index (χ4v) is 3.71. The summed E-state index contributed by atoms with van der Waals surface area (Å²) in [6.07, 6.45) is -17.8. The highest BCUT2D eigenvalue weighted by molar-refractivity contribution is 7.80. The van der Waals surface area contributed by atoms with Gasteiger partial charge in [0.2, 0.25) is 5.91 Å². The molecule has 2 heterocycles. The Bertz CT molecular complexity index is 761. The van der Waals surface area contributed by atoms with E-state index < -0.39 is 90.2 Å². The molecule has 0 saturated carbocycles. The van der Waals surface area contributed by atoms with E-state index >= 15 is 0 Å². The molecule has 2 aliphatic heterocycles. The predicted octanol–water partition coefficient (Wildman–Crippen LogP) is -5.33. The standard InChI is InChI=1S/C14H23NO15S/c1-3(17)15-5-10(9(30-31(24,25)26)4(2-16)27-13(5)23)28-14-8(20)6(18)7(19)11(29-14)12(21)22/h4-11,13-14,16,18-20,23H,2H2,1H3,(H,15,17)(H,21,22)(H,24,25,26)/t4-,5-,6+,7+,8-,9-,10-,11-,13-,14-/m1/s1. The maximum absolute atomic E-state index is 11.5. The van der Waals surface area contributed by atoms with Crippen molar-refractivity contribution in [2.24, 2.45) is 0 Å². The second-order valence-electron chi connectivity index (χ2n) is 6.80. The van der Waals surface area contributed by atoms with Crippen LogP contribution in [0, 0.1) is 0 Å². The van der Waals surface area contributed by atoms with Crippen molar-refractivity contribution >= 4 is 22.3 Å². The van der Waals surface area contributed by atoms with Gasteiger partial charge in [-0.1, -0.05) is 0 Å². The van der Waals surface area contributed by atoms with Gasteiger partial charge in [0.25, 0.3) is 0 Å². The lowest BCUT2D eigenvalue weighted by molar-refractivity contribution is -0.334. The van der Waals surface area contributed by atoms with Gasteiger partial charge in [-0.2, -0.15) is 8.42 Å². The SMILES string of the molecule is CC(=O)N[C@@H]1[C@@H](O[C@@H]2O[C@@H](C(=O)O)[C@@H](O)[C@H](O)[C@H]2O)[C@H](OS(=O)(=O)O)[C@@H](CO)O[C@H]1O. The number of hydrogen-bond acceptors (Lipinski definition) is 13. The lowest BCUT2D eigenvalue weighted by atomic mass is 9.95. The smallest absolute Gasteiger partial charge is 0.397 e. The Morgan fingerprint density at radius 2 is 1.65 bits per heavy atom. The van der Waals surface area contributed by atoms with Crippen LogP contribution < -0.4 is 5.32 Å².